The molecule has 0 bridgehead atoms. The minimum absolute atomic E-state index is 0.0420. The lowest BCUT2D eigenvalue weighted by Crippen LogP contribution is -2.46. The molecule has 0 aromatic heterocycles. The van der Waals surface area contributed by atoms with Gasteiger partial charge in [0.1, 0.15) is 6.10 Å². The van der Waals surface area contributed by atoms with Crippen LogP contribution in [0.3, 0.4) is 0 Å². The van der Waals surface area contributed by atoms with E-state index in [1.807, 2.05) is 0 Å². The largest absolute Gasteiger partial charge is 0.462 e. The van der Waals surface area contributed by atoms with E-state index in [-0.39, 0.29) is 24.9 Å². The van der Waals surface area contributed by atoms with Crippen LogP contribution in [0.15, 0.2) is 85.1 Å². The highest BCUT2D eigenvalue weighted by Gasteiger charge is 2.24. The summed E-state index contributed by atoms with van der Waals surface area (Å²) in [6, 6.07) is -0.722. The molecule has 0 aliphatic rings. The van der Waals surface area contributed by atoms with Gasteiger partial charge in [0.25, 0.3) is 0 Å². The molecule has 6 heteroatoms. The summed E-state index contributed by atoms with van der Waals surface area (Å²) in [6.07, 6.45) is 66.4. The maximum atomic E-state index is 13.2. The molecule has 368 valence electrons. The lowest BCUT2D eigenvalue weighted by molar-refractivity contribution is -0.151. The van der Waals surface area contributed by atoms with E-state index in [4.69, 9.17) is 4.74 Å². The van der Waals surface area contributed by atoms with Crippen LogP contribution in [0.2, 0.25) is 0 Å². The van der Waals surface area contributed by atoms with Crippen LogP contribution in [0.1, 0.15) is 245 Å². The monoisotopic (exact) mass is 892 g/mol. The zero-order valence-corrected chi connectivity index (χ0v) is 41.9. The maximum Gasteiger partial charge on any atom is 0.306 e. The van der Waals surface area contributed by atoms with Gasteiger partial charge < -0.3 is 20.3 Å². The highest BCUT2D eigenvalue weighted by molar-refractivity contribution is 5.77. The van der Waals surface area contributed by atoms with Crippen molar-refractivity contribution in [2.75, 3.05) is 6.61 Å². The number of nitrogens with one attached hydrogen (secondary N) is 1. The molecule has 0 saturated carbocycles. The minimum atomic E-state index is -0.805. The number of carbonyl (C=O) groups excluding carboxylic acids is 2. The fraction of sp³-hybridized carbons (Fsp3) is 0.724. The molecule has 0 radical (unpaired) electrons. The van der Waals surface area contributed by atoms with Crippen LogP contribution < -0.4 is 5.32 Å². The topological polar surface area (TPSA) is 95.9 Å². The molecule has 0 aromatic carbocycles. The summed E-state index contributed by atoms with van der Waals surface area (Å²) in [6.45, 7) is 6.33. The smallest absolute Gasteiger partial charge is 0.306 e. The van der Waals surface area contributed by atoms with E-state index in [1.54, 1.807) is 0 Å². The lowest BCUT2D eigenvalue weighted by atomic mass is 10.0. The summed E-state index contributed by atoms with van der Waals surface area (Å²) in [5, 5.41) is 23.8. The van der Waals surface area contributed by atoms with Crippen molar-refractivity contribution in [3.05, 3.63) is 85.1 Å². The van der Waals surface area contributed by atoms with Gasteiger partial charge in [0.15, 0.2) is 0 Å². The molecular formula is C58H101NO5. The standard InChI is InChI=1S/C58H101NO5/c1-4-7-10-13-16-19-22-25-27-28-30-33-36-39-42-45-48-51-58(63)64-54(49-46-43-40-37-34-32-29-26-23-20-17-14-11-8-5-2)52-57(62)59-55(53-60)56(61)50-47-44-41-38-35-31-24-21-18-15-12-9-6-3/h7,10,16-17,19-20,25-27,29-30,33,39,42,54-56,60-61H,4-6,8-9,11-15,18,21-24,28,31-32,34-38,40-41,43-53H2,1-3H3,(H,59,62)/b10-7-,19-16-,20-17-,27-25-,29-26-,33-30-,42-39-. The number of allylic oxidation sites excluding steroid dienone is 14. The van der Waals surface area contributed by atoms with Crippen LogP contribution in [0.5, 0.6) is 0 Å². The highest BCUT2D eigenvalue weighted by atomic mass is 16.5. The third-order valence-corrected chi connectivity index (χ3v) is 11.7. The van der Waals surface area contributed by atoms with Crippen molar-refractivity contribution < 1.29 is 24.5 Å². The number of rotatable bonds is 47. The van der Waals surface area contributed by atoms with Gasteiger partial charge in [-0.2, -0.15) is 0 Å². The van der Waals surface area contributed by atoms with Crippen molar-refractivity contribution in [3.8, 4) is 0 Å². The Bertz CT molecular complexity index is 1230. The van der Waals surface area contributed by atoms with Gasteiger partial charge in [-0.15, -0.1) is 0 Å². The number of esters is 1. The predicted molar refractivity (Wildman–Crippen MR) is 278 cm³/mol. The second-order valence-corrected chi connectivity index (χ2v) is 17.9. The van der Waals surface area contributed by atoms with Crippen LogP contribution in [0, 0.1) is 0 Å². The van der Waals surface area contributed by atoms with Gasteiger partial charge >= 0.3 is 5.97 Å². The van der Waals surface area contributed by atoms with E-state index in [0.717, 1.165) is 96.3 Å². The van der Waals surface area contributed by atoms with Crippen molar-refractivity contribution in [2.45, 2.75) is 264 Å². The molecule has 0 aliphatic carbocycles. The Morgan fingerprint density at radius 2 is 0.844 bits per heavy atom. The van der Waals surface area contributed by atoms with Crippen molar-refractivity contribution in [1.82, 2.24) is 5.32 Å². The summed E-state index contributed by atoms with van der Waals surface area (Å²) in [4.78, 5) is 26.2. The van der Waals surface area contributed by atoms with E-state index in [2.05, 4.69) is 111 Å². The lowest BCUT2D eigenvalue weighted by Gasteiger charge is -2.24. The Morgan fingerprint density at radius 3 is 1.31 bits per heavy atom. The molecule has 3 N–H and O–H groups in total. The summed E-state index contributed by atoms with van der Waals surface area (Å²) in [5.74, 6) is -0.559. The zero-order chi connectivity index (χ0) is 46.7. The number of carbonyl (C=O) groups is 2. The molecule has 6 nitrogen and oxygen atoms in total. The second kappa shape index (κ2) is 51.0. The molecule has 0 heterocycles. The molecule has 0 aromatic rings. The fourth-order valence-corrected chi connectivity index (χ4v) is 7.67. The zero-order valence-electron chi connectivity index (χ0n) is 41.9. The predicted octanol–water partition coefficient (Wildman–Crippen LogP) is 16.3. The van der Waals surface area contributed by atoms with Gasteiger partial charge in [-0.05, 0) is 96.3 Å². The highest BCUT2D eigenvalue weighted by Crippen LogP contribution is 2.17. The van der Waals surface area contributed by atoms with Crippen LogP contribution in [0.25, 0.3) is 0 Å². The normalized spacial score (nSPS) is 13.9. The third-order valence-electron chi connectivity index (χ3n) is 11.7. The number of aliphatic hydroxyl groups excluding tert-OH is 2. The Kier molecular flexibility index (Phi) is 48.7. The number of hydrogen-bond donors (Lipinski definition) is 3. The van der Waals surface area contributed by atoms with Gasteiger partial charge in [-0.1, -0.05) is 221 Å². The number of amides is 1. The minimum Gasteiger partial charge on any atom is -0.462 e. The van der Waals surface area contributed by atoms with Crippen LogP contribution >= 0.6 is 0 Å². The molecule has 0 fully saturated rings. The van der Waals surface area contributed by atoms with E-state index in [1.165, 1.54) is 96.3 Å². The molecule has 64 heavy (non-hydrogen) atoms. The van der Waals surface area contributed by atoms with Crippen molar-refractivity contribution in [1.29, 1.82) is 0 Å². The van der Waals surface area contributed by atoms with Crippen molar-refractivity contribution in [3.63, 3.8) is 0 Å². The Hall–Kier alpha value is -2.96. The quantitative estimate of drug-likeness (QED) is 0.0321. The van der Waals surface area contributed by atoms with E-state index < -0.39 is 18.2 Å². The van der Waals surface area contributed by atoms with Gasteiger partial charge in [-0.25, -0.2) is 0 Å². The molecule has 0 rings (SSSR count). The number of hydrogen-bond acceptors (Lipinski definition) is 5. The van der Waals surface area contributed by atoms with Crippen molar-refractivity contribution >= 4 is 11.9 Å². The van der Waals surface area contributed by atoms with E-state index in [0.29, 0.717) is 25.7 Å². The van der Waals surface area contributed by atoms with Crippen molar-refractivity contribution in [2.24, 2.45) is 0 Å². The first-order valence-electron chi connectivity index (χ1n) is 26.8. The van der Waals surface area contributed by atoms with Gasteiger partial charge in [0.05, 0.1) is 25.2 Å². The van der Waals surface area contributed by atoms with E-state index in [9.17, 15) is 19.8 Å². The van der Waals surface area contributed by atoms with Gasteiger partial charge in [0.2, 0.25) is 5.91 Å². The second-order valence-electron chi connectivity index (χ2n) is 17.9. The van der Waals surface area contributed by atoms with Crippen LogP contribution in [-0.4, -0.2) is 46.9 Å². The molecule has 3 atom stereocenters. The van der Waals surface area contributed by atoms with Gasteiger partial charge in [-0.3, -0.25) is 9.59 Å². The Morgan fingerprint density at radius 1 is 0.469 bits per heavy atom. The number of ether oxygens (including phenoxy) is 1. The van der Waals surface area contributed by atoms with Crippen LogP contribution in [-0.2, 0) is 14.3 Å². The summed E-state index contributed by atoms with van der Waals surface area (Å²) in [5.41, 5.74) is 0. The molecule has 0 saturated heterocycles. The number of unbranched alkanes of at least 4 members (excludes halogenated alkanes) is 21. The fourth-order valence-electron chi connectivity index (χ4n) is 7.67. The molecule has 0 aliphatic heterocycles. The molecule has 1 amide bonds. The SMILES string of the molecule is CC/C=C\C/C=C\C/C=C\C/C=C\C/C=C\CCCC(=O)OC(CCCCCCC/C=C\C/C=C\CCCCC)CC(=O)NC(CO)C(O)CCCCCCCCCCCCCCC. The molecular weight excluding hydrogens is 791 g/mol. The average Bonchev–Trinajstić information content (AvgIpc) is 3.29. The van der Waals surface area contributed by atoms with Crippen LogP contribution in [0.4, 0.5) is 0 Å². The van der Waals surface area contributed by atoms with E-state index >= 15 is 0 Å². The summed E-state index contributed by atoms with van der Waals surface area (Å²) >= 11 is 0. The van der Waals surface area contributed by atoms with Gasteiger partial charge in [0, 0.05) is 6.42 Å². The third kappa shape index (κ3) is 45.6. The Balaban J connectivity index is 4.71. The molecule has 0 spiro atoms. The molecule has 3 unspecified atom stereocenters. The number of aliphatic hydroxyl groups is 2. The summed E-state index contributed by atoms with van der Waals surface area (Å²) < 4.78 is 5.91. The first-order chi connectivity index (χ1) is 31.5. The summed E-state index contributed by atoms with van der Waals surface area (Å²) in [7, 11) is 0. The Labute approximate surface area is 395 Å². The first-order valence-corrected chi connectivity index (χ1v) is 26.8. The maximum absolute atomic E-state index is 13.2. The first kappa shape index (κ1) is 61.0. The average molecular weight is 892 g/mol.